The van der Waals surface area contributed by atoms with E-state index in [0.29, 0.717) is 5.92 Å². The van der Waals surface area contributed by atoms with Crippen LogP contribution in [0.15, 0.2) is 12.4 Å². The van der Waals surface area contributed by atoms with Crippen molar-refractivity contribution in [3.8, 4) is 5.88 Å². The van der Waals surface area contributed by atoms with Crippen LogP contribution in [-0.4, -0.2) is 35.8 Å². The zero-order chi connectivity index (χ0) is 13.5. The van der Waals surface area contributed by atoms with Gasteiger partial charge in [-0.25, -0.2) is 4.98 Å². The first kappa shape index (κ1) is 12.7. The molecule has 19 heavy (non-hydrogen) atoms. The Morgan fingerprint density at radius 2 is 2.00 bits per heavy atom. The van der Waals surface area contributed by atoms with Crippen molar-refractivity contribution in [3.05, 3.63) is 18.1 Å². The molecule has 1 aliphatic carbocycles. The number of hydrogen-bond acceptors (Lipinski definition) is 4. The lowest BCUT2D eigenvalue weighted by atomic mass is 10.0. The van der Waals surface area contributed by atoms with Crippen LogP contribution in [-0.2, 0) is 0 Å². The van der Waals surface area contributed by atoms with E-state index in [9.17, 15) is 13.2 Å². The molecule has 0 aromatic carbocycles. The number of aromatic nitrogens is 2. The molecule has 4 nitrogen and oxygen atoms in total. The smallest absolute Gasteiger partial charge is 0.397 e. The van der Waals surface area contributed by atoms with Gasteiger partial charge in [0.25, 0.3) is 0 Å². The van der Waals surface area contributed by atoms with Gasteiger partial charge in [-0.2, -0.15) is 13.2 Å². The SMILES string of the molecule is FC(F)(F)C1(COc2cnc(C3CNC3)cn2)CC1. The highest BCUT2D eigenvalue weighted by Gasteiger charge is 2.63. The van der Waals surface area contributed by atoms with Crippen molar-refractivity contribution in [3.63, 3.8) is 0 Å². The zero-order valence-electron chi connectivity index (χ0n) is 10.2. The van der Waals surface area contributed by atoms with Crippen molar-refractivity contribution in [2.75, 3.05) is 19.7 Å². The van der Waals surface area contributed by atoms with Crippen molar-refractivity contribution < 1.29 is 17.9 Å². The fraction of sp³-hybridized carbons (Fsp3) is 0.667. The number of ether oxygens (including phenoxy) is 1. The largest absolute Gasteiger partial charge is 0.476 e. The van der Waals surface area contributed by atoms with E-state index < -0.39 is 11.6 Å². The van der Waals surface area contributed by atoms with Gasteiger partial charge in [0, 0.05) is 19.0 Å². The summed E-state index contributed by atoms with van der Waals surface area (Å²) in [6.45, 7) is 1.37. The van der Waals surface area contributed by atoms with E-state index in [1.165, 1.54) is 6.20 Å². The molecule has 1 saturated heterocycles. The molecule has 0 spiro atoms. The van der Waals surface area contributed by atoms with Crippen molar-refractivity contribution in [1.29, 1.82) is 0 Å². The molecular formula is C12H14F3N3O. The second kappa shape index (κ2) is 4.33. The summed E-state index contributed by atoms with van der Waals surface area (Å²) in [6, 6.07) is 0. The van der Waals surface area contributed by atoms with Gasteiger partial charge in [-0.05, 0) is 12.8 Å². The molecule has 1 aromatic heterocycles. The minimum Gasteiger partial charge on any atom is -0.476 e. The van der Waals surface area contributed by atoms with Gasteiger partial charge in [-0.15, -0.1) is 0 Å². The molecular weight excluding hydrogens is 259 g/mol. The Morgan fingerprint density at radius 3 is 2.42 bits per heavy atom. The van der Waals surface area contributed by atoms with Gasteiger partial charge in [-0.3, -0.25) is 4.98 Å². The summed E-state index contributed by atoms with van der Waals surface area (Å²) in [5.41, 5.74) is -0.811. The molecule has 3 rings (SSSR count). The standard InChI is InChI=1S/C12H14F3N3O/c13-12(14,15)11(1-2-11)7-19-10-6-17-9(5-18-10)8-3-16-4-8/h5-6,8,16H,1-4,7H2. The monoisotopic (exact) mass is 273 g/mol. The first-order valence-corrected chi connectivity index (χ1v) is 6.22. The topological polar surface area (TPSA) is 47.0 Å². The maximum Gasteiger partial charge on any atom is 0.397 e. The van der Waals surface area contributed by atoms with Crippen molar-refractivity contribution in [2.45, 2.75) is 24.9 Å². The van der Waals surface area contributed by atoms with Crippen molar-refractivity contribution >= 4 is 0 Å². The van der Waals surface area contributed by atoms with E-state index in [1.807, 2.05) is 0 Å². The van der Waals surface area contributed by atoms with Crippen molar-refractivity contribution in [1.82, 2.24) is 15.3 Å². The summed E-state index contributed by atoms with van der Waals surface area (Å²) in [5, 5.41) is 3.12. The Morgan fingerprint density at radius 1 is 1.26 bits per heavy atom. The summed E-state index contributed by atoms with van der Waals surface area (Å²) >= 11 is 0. The first-order chi connectivity index (χ1) is 9.00. The van der Waals surface area contributed by atoms with Crippen molar-refractivity contribution in [2.24, 2.45) is 5.41 Å². The molecule has 0 radical (unpaired) electrons. The molecule has 7 heteroatoms. The van der Waals surface area contributed by atoms with Gasteiger partial charge in [0.15, 0.2) is 0 Å². The number of alkyl halides is 3. The van der Waals surface area contributed by atoms with E-state index >= 15 is 0 Å². The van der Waals surface area contributed by atoms with Crippen LogP contribution >= 0.6 is 0 Å². The molecule has 2 aliphatic rings. The lowest BCUT2D eigenvalue weighted by Gasteiger charge is -2.26. The first-order valence-electron chi connectivity index (χ1n) is 6.22. The lowest BCUT2D eigenvalue weighted by molar-refractivity contribution is -0.194. The molecule has 2 heterocycles. The van der Waals surface area contributed by atoms with Crippen LogP contribution in [0.1, 0.15) is 24.5 Å². The highest BCUT2D eigenvalue weighted by Crippen LogP contribution is 2.57. The van der Waals surface area contributed by atoms with Crippen LogP contribution in [0.4, 0.5) is 13.2 Å². The molecule has 1 aromatic rings. The van der Waals surface area contributed by atoms with Gasteiger partial charge in [0.05, 0.1) is 18.1 Å². The Labute approximate surface area is 108 Å². The number of nitrogens with zero attached hydrogens (tertiary/aromatic N) is 2. The number of rotatable bonds is 4. The summed E-state index contributed by atoms with van der Waals surface area (Å²) in [6.07, 6.45) is -0.947. The molecule has 0 atom stereocenters. The van der Waals surface area contributed by atoms with Crippen LogP contribution in [0.25, 0.3) is 0 Å². The lowest BCUT2D eigenvalue weighted by Crippen LogP contribution is -2.40. The quantitative estimate of drug-likeness (QED) is 0.910. The summed E-state index contributed by atoms with van der Waals surface area (Å²) in [4.78, 5) is 8.19. The second-order valence-electron chi connectivity index (χ2n) is 5.20. The van der Waals surface area contributed by atoms with Crippen LogP contribution in [0, 0.1) is 5.41 Å². The molecule has 104 valence electrons. The molecule has 1 N–H and O–H groups in total. The molecule has 0 unspecified atom stereocenters. The van der Waals surface area contributed by atoms with Gasteiger partial charge in [0.2, 0.25) is 5.88 Å². The van der Waals surface area contributed by atoms with Gasteiger partial charge >= 0.3 is 6.18 Å². The Bertz CT molecular complexity index is 452. The van der Waals surface area contributed by atoms with E-state index in [4.69, 9.17) is 4.74 Å². The average molecular weight is 273 g/mol. The maximum absolute atomic E-state index is 12.7. The van der Waals surface area contributed by atoms with Crippen LogP contribution < -0.4 is 10.1 Å². The van der Waals surface area contributed by atoms with Crippen LogP contribution in [0.3, 0.4) is 0 Å². The van der Waals surface area contributed by atoms with Gasteiger partial charge in [0.1, 0.15) is 12.0 Å². The summed E-state index contributed by atoms with van der Waals surface area (Å²) < 4.78 is 43.2. The predicted molar refractivity (Wildman–Crippen MR) is 60.9 cm³/mol. The van der Waals surface area contributed by atoms with E-state index in [1.54, 1.807) is 6.20 Å². The third-order valence-electron chi connectivity index (χ3n) is 3.80. The average Bonchev–Trinajstić information content (AvgIpc) is 3.06. The Kier molecular flexibility index (Phi) is 2.88. The van der Waals surface area contributed by atoms with Gasteiger partial charge in [-0.1, -0.05) is 0 Å². The number of hydrogen-bond donors (Lipinski definition) is 1. The predicted octanol–water partition coefficient (Wildman–Crippen LogP) is 1.88. The van der Waals surface area contributed by atoms with E-state index in [0.717, 1.165) is 18.8 Å². The van der Waals surface area contributed by atoms with Crippen LogP contribution in [0.5, 0.6) is 5.88 Å². The fourth-order valence-corrected chi connectivity index (χ4v) is 1.98. The van der Waals surface area contributed by atoms with Gasteiger partial charge < -0.3 is 10.1 Å². The fourth-order valence-electron chi connectivity index (χ4n) is 1.98. The summed E-state index contributed by atoms with van der Waals surface area (Å²) in [5.74, 6) is 0.512. The minimum atomic E-state index is -4.20. The third kappa shape index (κ3) is 2.39. The number of nitrogens with one attached hydrogen (secondary N) is 1. The van der Waals surface area contributed by atoms with E-state index in [-0.39, 0.29) is 25.3 Å². The highest BCUT2D eigenvalue weighted by molar-refractivity contribution is 5.14. The summed E-state index contributed by atoms with van der Waals surface area (Å²) in [7, 11) is 0. The van der Waals surface area contributed by atoms with Crippen LogP contribution in [0.2, 0.25) is 0 Å². The number of halogens is 3. The Balaban J connectivity index is 1.58. The Hall–Kier alpha value is -1.37. The minimum absolute atomic E-state index is 0.135. The highest BCUT2D eigenvalue weighted by atomic mass is 19.4. The molecule has 0 amide bonds. The molecule has 0 bridgehead atoms. The zero-order valence-corrected chi connectivity index (χ0v) is 10.2. The molecule has 1 aliphatic heterocycles. The molecule has 2 fully saturated rings. The van der Waals surface area contributed by atoms with E-state index in [2.05, 4.69) is 15.3 Å². The second-order valence-corrected chi connectivity index (χ2v) is 5.20. The molecule has 1 saturated carbocycles. The maximum atomic E-state index is 12.7. The normalized spacial score (nSPS) is 21.8. The third-order valence-corrected chi connectivity index (χ3v) is 3.80.